The summed E-state index contributed by atoms with van der Waals surface area (Å²) in [5.41, 5.74) is 13.7. The average Bonchev–Trinajstić information content (AvgIpc) is 3.37. The van der Waals surface area contributed by atoms with Crippen molar-refractivity contribution in [1.82, 2.24) is 0 Å². The Morgan fingerprint density at radius 3 is 1.50 bits per heavy atom. The first-order chi connectivity index (χ1) is 23.6. The lowest BCUT2D eigenvalue weighted by Crippen LogP contribution is -2.16. The van der Waals surface area contributed by atoms with Crippen LogP contribution >= 0.6 is 0 Å². The van der Waals surface area contributed by atoms with Crippen molar-refractivity contribution in [3.05, 3.63) is 187 Å². The Bertz CT molecular complexity index is 2460. The minimum atomic E-state index is -0.151. The van der Waals surface area contributed by atoms with Crippen molar-refractivity contribution in [3.8, 4) is 33.4 Å². The van der Waals surface area contributed by atoms with Crippen molar-refractivity contribution in [2.75, 3.05) is 4.90 Å². The van der Waals surface area contributed by atoms with E-state index < -0.39 is 0 Å². The van der Waals surface area contributed by atoms with Crippen LogP contribution in [0.5, 0.6) is 0 Å². The predicted molar refractivity (Wildman–Crippen MR) is 205 cm³/mol. The van der Waals surface area contributed by atoms with Crippen LogP contribution in [0.1, 0.15) is 25.0 Å². The zero-order valence-electron chi connectivity index (χ0n) is 27.2. The van der Waals surface area contributed by atoms with Crippen molar-refractivity contribution in [3.63, 3.8) is 0 Å². The Kier molecular flexibility index (Phi) is 6.55. The van der Waals surface area contributed by atoms with Gasteiger partial charge in [0, 0.05) is 22.5 Å². The summed E-state index contributed by atoms with van der Waals surface area (Å²) in [6.45, 7) is 4.75. The number of para-hydroxylation sites is 1. The minimum Gasteiger partial charge on any atom is -0.310 e. The molecule has 0 radical (unpaired) electrons. The number of anilines is 3. The SMILES string of the molecule is CC1(C)c2cc(-c3cccc4ccccc34)ccc2-c2ccc(N(c3ccccc3)c3ccc(-c4cccc5ccccc45)cc3)cc21. The molecule has 0 aliphatic heterocycles. The van der Waals surface area contributed by atoms with Gasteiger partial charge in [-0.05, 0) is 109 Å². The topological polar surface area (TPSA) is 3.24 Å². The summed E-state index contributed by atoms with van der Waals surface area (Å²) in [6.07, 6.45) is 0. The Labute approximate surface area is 282 Å². The molecular weight excluding hydrogens is 579 g/mol. The van der Waals surface area contributed by atoms with Gasteiger partial charge in [0.05, 0.1) is 0 Å². The molecule has 0 atom stereocenters. The smallest absolute Gasteiger partial charge is 0.0465 e. The van der Waals surface area contributed by atoms with E-state index in [1.165, 1.54) is 66.1 Å². The Morgan fingerprint density at radius 2 is 0.833 bits per heavy atom. The minimum absolute atomic E-state index is 0.151. The van der Waals surface area contributed by atoms with Gasteiger partial charge in [-0.15, -0.1) is 0 Å². The third kappa shape index (κ3) is 4.54. The molecule has 0 fully saturated rings. The molecule has 1 nitrogen and oxygen atoms in total. The van der Waals surface area contributed by atoms with E-state index in [1.807, 2.05) is 0 Å². The highest BCUT2D eigenvalue weighted by molar-refractivity contribution is 5.99. The third-order valence-electron chi connectivity index (χ3n) is 10.3. The molecule has 0 saturated carbocycles. The average molecular weight is 614 g/mol. The van der Waals surface area contributed by atoms with Crippen LogP contribution in [-0.2, 0) is 5.41 Å². The van der Waals surface area contributed by atoms with E-state index in [4.69, 9.17) is 0 Å². The second-order valence-electron chi connectivity index (χ2n) is 13.4. The molecule has 0 heterocycles. The molecule has 1 aliphatic carbocycles. The van der Waals surface area contributed by atoms with Gasteiger partial charge in [0.25, 0.3) is 0 Å². The first-order valence-electron chi connectivity index (χ1n) is 16.8. The summed E-state index contributed by atoms with van der Waals surface area (Å²) >= 11 is 0. The van der Waals surface area contributed by atoms with Crippen LogP contribution < -0.4 is 4.90 Å². The monoisotopic (exact) mass is 613 g/mol. The number of rotatable bonds is 5. The van der Waals surface area contributed by atoms with Gasteiger partial charge >= 0.3 is 0 Å². The van der Waals surface area contributed by atoms with Crippen molar-refractivity contribution in [2.45, 2.75) is 19.3 Å². The molecule has 1 aliphatic rings. The van der Waals surface area contributed by atoms with Gasteiger partial charge in [0.2, 0.25) is 0 Å². The quantitative estimate of drug-likeness (QED) is 0.187. The fraction of sp³-hybridized carbons (Fsp3) is 0.0638. The van der Waals surface area contributed by atoms with E-state index in [1.54, 1.807) is 0 Å². The zero-order valence-corrected chi connectivity index (χ0v) is 27.2. The molecule has 0 N–H and O–H groups in total. The molecule has 8 aromatic carbocycles. The Morgan fingerprint density at radius 1 is 0.354 bits per heavy atom. The number of benzene rings is 8. The summed E-state index contributed by atoms with van der Waals surface area (Å²) in [5.74, 6) is 0. The highest BCUT2D eigenvalue weighted by Crippen LogP contribution is 2.52. The second-order valence-corrected chi connectivity index (χ2v) is 13.4. The van der Waals surface area contributed by atoms with Gasteiger partial charge in [0.1, 0.15) is 0 Å². The molecule has 0 bridgehead atoms. The molecular formula is C47H35N. The van der Waals surface area contributed by atoms with Crippen LogP contribution in [-0.4, -0.2) is 0 Å². The maximum absolute atomic E-state index is 2.43. The molecule has 0 saturated heterocycles. The van der Waals surface area contributed by atoms with Gasteiger partial charge in [-0.2, -0.15) is 0 Å². The predicted octanol–water partition coefficient (Wildman–Crippen LogP) is 13.1. The maximum atomic E-state index is 2.43. The van der Waals surface area contributed by atoms with Gasteiger partial charge in [0.15, 0.2) is 0 Å². The molecule has 1 heteroatoms. The highest BCUT2D eigenvalue weighted by atomic mass is 15.1. The number of hydrogen-bond acceptors (Lipinski definition) is 1. The summed E-state index contributed by atoms with van der Waals surface area (Å²) < 4.78 is 0. The maximum Gasteiger partial charge on any atom is 0.0465 e. The van der Waals surface area contributed by atoms with E-state index in [-0.39, 0.29) is 5.41 Å². The number of nitrogens with zero attached hydrogens (tertiary/aromatic N) is 1. The van der Waals surface area contributed by atoms with E-state index in [2.05, 4.69) is 195 Å². The lowest BCUT2D eigenvalue weighted by Gasteiger charge is -2.28. The van der Waals surface area contributed by atoms with Gasteiger partial charge in [-0.1, -0.05) is 147 Å². The zero-order chi connectivity index (χ0) is 32.2. The molecule has 8 aromatic rings. The van der Waals surface area contributed by atoms with Crippen LogP contribution in [0, 0.1) is 0 Å². The fourth-order valence-corrected chi connectivity index (χ4v) is 7.80. The van der Waals surface area contributed by atoms with E-state index >= 15 is 0 Å². The first kappa shape index (κ1) is 28.3. The Hall–Kier alpha value is -5.92. The summed E-state index contributed by atoms with van der Waals surface area (Å²) in [5, 5.41) is 5.10. The first-order valence-corrected chi connectivity index (χ1v) is 16.8. The van der Waals surface area contributed by atoms with E-state index in [0.717, 1.165) is 17.1 Å². The van der Waals surface area contributed by atoms with Crippen LogP contribution in [0.15, 0.2) is 176 Å². The summed E-state index contributed by atoms with van der Waals surface area (Å²) in [6, 6.07) is 64.3. The second kappa shape index (κ2) is 11.1. The highest BCUT2D eigenvalue weighted by Gasteiger charge is 2.36. The van der Waals surface area contributed by atoms with Crippen molar-refractivity contribution in [2.24, 2.45) is 0 Å². The molecule has 0 spiro atoms. The molecule has 48 heavy (non-hydrogen) atoms. The third-order valence-corrected chi connectivity index (χ3v) is 10.3. The molecule has 9 rings (SSSR count). The lowest BCUT2D eigenvalue weighted by atomic mass is 9.81. The van der Waals surface area contributed by atoms with Crippen LogP contribution in [0.4, 0.5) is 17.1 Å². The van der Waals surface area contributed by atoms with Gasteiger partial charge in [-0.25, -0.2) is 0 Å². The normalized spacial score (nSPS) is 13.0. The van der Waals surface area contributed by atoms with Gasteiger partial charge < -0.3 is 4.90 Å². The van der Waals surface area contributed by atoms with E-state index in [0.29, 0.717) is 0 Å². The summed E-state index contributed by atoms with van der Waals surface area (Å²) in [4.78, 5) is 2.38. The molecule has 228 valence electrons. The Balaban J connectivity index is 1.13. The molecule has 0 unspecified atom stereocenters. The largest absolute Gasteiger partial charge is 0.310 e. The van der Waals surface area contributed by atoms with Gasteiger partial charge in [-0.3, -0.25) is 0 Å². The summed E-state index contributed by atoms with van der Waals surface area (Å²) in [7, 11) is 0. The fourth-order valence-electron chi connectivity index (χ4n) is 7.80. The van der Waals surface area contributed by atoms with Crippen molar-refractivity contribution >= 4 is 38.6 Å². The van der Waals surface area contributed by atoms with Crippen molar-refractivity contribution in [1.29, 1.82) is 0 Å². The molecule has 0 aromatic heterocycles. The van der Waals surface area contributed by atoms with E-state index in [9.17, 15) is 0 Å². The standard InChI is InChI=1S/C47H35N/c1-47(2)45-30-35(42-21-11-15-33-13-7-9-19-40(33)42)24-28-43(45)44-29-27-38(31-46(44)47)48(36-16-4-3-5-17-36)37-25-22-34(23-26-37)41-20-10-14-32-12-6-8-18-39(32)41/h3-31H,1-2H3. The molecule has 0 amide bonds. The van der Waals surface area contributed by atoms with Crippen LogP contribution in [0.3, 0.4) is 0 Å². The lowest BCUT2D eigenvalue weighted by molar-refractivity contribution is 0.660. The number of hydrogen-bond donors (Lipinski definition) is 0. The van der Waals surface area contributed by atoms with Crippen molar-refractivity contribution < 1.29 is 0 Å². The number of fused-ring (bicyclic) bond motifs is 5. The van der Waals surface area contributed by atoms with Crippen LogP contribution in [0.25, 0.3) is 54.9 Å². The van der Waals surface area contributed by atoms with Crippen LogP contribution in [0.2, 0.25) is 0 Å².